The highest BCUT2D eigenvalue weighted by Gasteiger charge is 2.35. The Kier molecular flexibility index (Phi) is 5.45. The second-order valence-corrected chi connectivity index (χ2v) is 7.58. The fraction of sp³-hybridized carbons (Fsp3) is 0.500. The lowest BCUT2D eigenvalue weighted by molar-refractivity contribution is 0.138. The monoisotopic (exact) mass is 369 g/mol. The summed E-state index contributed by atoms with van der Waals surface area (Å²) in [5, 5.41) is 0. The Hall–Kier alpha value is -1.54. The van der Waals surface area contributed by atoms with Crippen molar-refractivity contribution in [2.45, 2.75) is 18.9 Å². The van der Waals surface area contributed by atoms with Crippen molar-refractivity contribution in [2.24, 2.45) is 5.73 Å². The summed E-state index contributed by atoms with van der Waals surface area (Å²) in [5.41, 5.74) is 6.58. The molecule has 5 nitrogen and oxygen atoms in total. The summed E-state index contributed by atoms with van der Waals surface area (Å²) in [6.45, 7) is 1.93. The average Bonchev–Trinajstić information content (AvgIpc) is 2.94. The first-order chi connectivity index (χ1) is 11.6. The summed E-state index contributed by atoms with van der Waals surface area (Å²) in [5.74, 6) is 1.60. The Labute approximate surface area is 150 Å². The van der Waals surface area contributed by atoms with E-state index in [0.29, 0.717) is 35.7 Å². The lowest BCUT2D eigenvalue weighted by Gasteiger charge is -2.32. The molecule has 8 heteroatoms. The number of carbonyl (C=O) groups is 1. The van der Waals surface area contributed by atoms with E-state index in [1.165, 1.54) is 11.0 Å². The maximum atomic E-state index is 14.5. The molecule has 1 aromatic rings. The summed E-state index contributed by atoms with van der Waals surface area (Å²) in [7, 11) is 0. The zero-order valence-electron chi connectivity index (χ0n) is 13.2. The molecule has 0 aliphatic carbocycles. The topological polar surface area (TPSA) is 58.8 Å². The van der Waals surface area contributed by atoms with Gasteiger partial charge >= 0.3 is 6.09 Å². The van der Waals surface area contributed by atoms with E-state index in [1.54, 1.807) is 12.1 Å². The number of hydrogen-bond acceptors (Lipinski definition) is 5. The Morgan fingerprint density at radius 1 is 1.42 bits per heavy atom. The van der Waals surface area contributed by atoms with Gasteiger partial charge in [0.2, 0.25) is 0 Å². The van der Waals surface area contributed by atoms with Crippen LogP contribution in [0.25, 0.3) is 0 Å². The summed E-state index contributed by atoms with van der Waals surface area (Å²) in [4.78, 5) is 16.2. The third-order valence-corrected chi connectivity index (χ3v) is 5.32. The molecule has 2 aliphatic rings. The highest BCUT2D eigenvalue weighted by atomic mass is 32.2. The molecule has 24 heavy (non-hydrogen) atoms. The van der Waals surface area contributed by atoms with E-state index in [4.69, 9.17) is 22.7 Å². The molecule has 1 atom stereocenters. The van der Waals surface area contributed by atoms with Gasteiger partial charge in [-0.15, -0.1) is 0 Å². The van der Waals surface area contributed by atoms with Crippen LogP contribution in [0.15, 0.2) is 18.2 Å². The SMILES string of the molecule is NC(=S)CC[C@H]1CN(c2cccc(F)c2N2CCSCC2)C(=O)O1. The van der Waals surface area contributed by atoms with Gasteiger partial charge in [0.25, 0.3) is 0 Å². The van der Waals surface area contributed by atoms with Crippen LogP contribution in [0.2, 0.25) is 0 Å². The van der Waals surface area contributed by atoms with Crippen LogP contribution in [0, 0.1) is 5.82 Å². The minimum Gasteiger partial charge on any atom is -0.444 e. The number of nitrogens with zero attached hydrogens (tertiary/aromatic N) is 2. The molecule has 0 aromatic heterocycles. The number of rotatable bonds is 5. The van der Waals surface area contributed by atoms with Crippen molar-refractivity contribution in [3.8, 4) is 0 Å². The van der Waals surface area contributed by atoms with Crippen LogP contribution in [0.1, 0.15) is 12.8 Å². The number of thiocarbonyl (C=S) groups is 1. The van der Waals surface area contributed by atoms with E-state index in [9.17, 15) is 9.18 Å². The van der Waals surface area contributed by atoms with E-state index in [1.807, 2.05) is 16.7 Å². The number of halogens is 1. The summed E-state index contributed by atoms with van der Waals surface area (Å²) in [6, 6.07) is 4.84. The van der Waals surface area contributed by atoms with Gasteiger partial charge in [0.05, 0.1) is 22.9 Å². The van der Waals surface area contributed by atoms with Gasteiger partial charge in [-0.05, 0) is 18.6 Å². The summed E-state index contributed by atoms with van der Waals surface area (Å²) >= 11 is 6.73. The Bertz CT molecular complexity index is 638. The number of ether oxygens (including phenoxy) is 1. The third-order valence-electron chi connectivity index (χ3n) is 4.17. The third kappa shape index (κ3) is 3.75. The maximum Gasteiger partial charge on any atom is 0.414 e. The lowest BCUT2D eigenvalue weighted by Crippen LogP contribution is -2.35. The van der Waals surface area contributed by atoms with Gasteiger partial charge in [-0.3, -0.25) is 4.90 Å². The van der Waals surface area contributed by atoms with Crippen molar-refractivity contribution < 1.29 is 13.9 Å². The number of cyclic esters (lactones) is 1. The maximum absolute atomic E-state index is 14.5. The number of para-hydroxylation sites is 1. The molecule has 0 saturated carbocycles. The molecule has 3 rings (SSSR count). The van der Waals surface area contributed by atoms with Gasteiger partial charge in [0.15, 0.2) is 0 Å². The largest absolute Gasteiger partial charge is 0.444 e. The normalized spacial score (nSPS) is 21.0. The van der Waals surface area contributed by atoms with E-state index in [0.717, 1.165) is 24.6 Å². The smallest absolute Gasteiger partial charge is 0.414 e. The van der Waals surface area contributed by atoms with Crippen molar-refractivity contribution in [2.75, 3.05) is 40.9 Å². The van der Waals surface area contributed by atoms with Gasteiger partial charge in [-0.1, -0.05) is 18.3 Å². The number of carbonyl (C=O) groups excluding carboxylic acids is 1. The molecule has 2 N–H and O–H groups in total. The van der Waals surface area contributed by atoms with Crippen molar-refractivity contribution in [3.63, 3.8) is 0 Å². The summed E-state index contributed by atoms with van der Waals surface area (Å²) < 4.78 is 19.9. The quantitative estimate of drug-likeness (QED) is 0.806. The highest BCUT2D eigenvalue weighted by Crippen LogP contribution is 2.36. The van der Waals surface area contributed by atoms with Crippen LogP contribution in [-0.2, 0) is 4.74 Å². The first-order valence-corrected chi connectivity index (χ1v) is 9.50. The van der Waals surface area contributed by atoms with E-state index < -0.39 is 6.09 Å². The zero-order chi connectivity index (χ0) is 17.1. The molecule has 0 unspecified atom stereocenters. The van der Waals surface area contributed by atoms with Crippen LogP contribution >= 0.6 is 24.0 Å². The molecular weight excluding hydrogens is 349 g/mol. The van der Waals surface area contributed by atoms with E-state index in [-0.39, 0.29) is 11.9 Å². The van der Waals surface area contributed by atoms with Gasteiger partial charge in [0.1, 0.15) is 11.9 Å². The fourth-order valence-corrected chi connectivity index (χ4v) is 4.01. The molecule has 2 aliphatic heterocycles. The first kappa shape index (κ1) is 17.3. The second-order valence-electron chi connectivity index (χ2n) is 5.83. The lowest BCUT2D eigenvalue weighted by atomic mass is 10.1. The molecular formula is C16H20FN3O2S2. The molecule has 130 valence electrons. The highest BCUT2D eigenvalue weighted by molar-refractivity contribution is 7.99. The predicted molar refractivity (Wildman–Crippen MR) is 99.6 cm³/mol. The van der Waals surface area contributed by atoms with Crippen molar-refractivity contribution in [1.29, 1.82) is 0 Å². The number of hydrogen-bond donors (Lipinski definition) is 1. The van der Waals surface area contributed by atoms with E-state index >= 15 is 0 Å². The predicted octanol–water partition coefficient (Wildman–Crippen LogP) is 2.77. The Morgan fingerprint density at radius 2 is 2.17 bits per heavy atom. The van der Waals surface area contributed by atoms with Crippen LogP contribution < -0.4 is 15.5 Å². The first-order valence-electron chi connectivity index (χ1n) is 7.94. The van der Waals surface area contributed by atoms with Crippen molar-refractivity contribution >= 4 is 46.4 Å². The number of nitrogens with two attached hydrogens (primary N) is 1. The van der Waals surface area contributed by atoms with Gasteiger partial charge < -0.3 is 15.4 Å². The Morgan fingerprint density at radius 3 is 2.88 bits per heavy atom. The van der Waals surface area contributed by atoms with E-state index in [2.05, 4.69) is 0 Å². The molecule has 2 fully saturated rings. The molecule has 0 radical (unpaired) electrons. The number of thioether (sulfide) groups is 1. The van der Waals surface area contributed by atoms with Gasteiger partial charge in [0, 0.05) is 31.0 Å². The van der Waals surface area contributed by atoms with Gasteiger partial charge in [-0.2, -0.15) is 11.8 Å². The van der Waals surface area contributed by atoms with Crippen LogP contribution in [-0.4, -0.2) is 48.3 Å². The average molecular weight is 369 g/mol. The molecule has 1 amide bonds. The minimum atomic E-state index is -0.443. The van der Waals surface area contributed by atoms with Crippen molar-refractivity contribution in [3.05, 3.63) is 24.0 Å². The standard InChI is InChI=1S/C16H20FN3O2S2/c17-12-2-1-3-13(15(12)19-6-8-24-9-7-19)20-10-11(22-16(20)21)4-5-14(18)23/h1-3,11H,4-10H2,(H2,18,23)/t11-/m0/s1. The van der Waals surface area contributed by atoms with Crippen LogP contribution in [0.3, 0.4) is 0 Å². The number of benzene rings is 1. The Balaban J connectivity index is 1.82. The molecule has 2 heterocycles. The van der Waals surface area contributed by atoms with Crippen LogP contribution in [0.5, 0.6) is 0 Å². The second kappa shape index (κ2) is 7.57. The zero-order valence-corrected chi connectivity index (χ0v) is 14.9. The molecule has 2 saturated heterocycles. The molecule has 0 spiro atoms. The summed E-state index contributed by atoms with van der Waals surface area (Å²) in [6.07, 6.45) is 0.400. The van der Waals surface area contributed by atoms with Crippen molar-refractivity contribution in [1.82, 2.24) is 0 Å². The number of anilines is 2. The molecule has 0 bridgehead atoms. The van der Waals surface area contributed by atoms with Crippen LogP contribution in [0.4, 0.5) is 20.6 Å². The number of amides is 1. The fourth-order valence-electron chi connectivity index (χ4n) is 2.99. The molecule has 1 aromatic carbocycles. The minimum absolute atomic E-state index is 0.271. The van der Waals surface area contributed by atoms with Gasteiger partial charge in [-0.25, -0.2) is 9.18 Å².